The lowest BCUT2D eigenvalue weighted by Gasteiger charge is -2.31. The fourth-order valence-corrected chi connectivity index (χ4v) is 2.48. The van der Waals surface area contributed by atoms with Gasteiger partial charge in [0.2, 0.25) is 0 Å². The molecule has 0 saturated carbocycles. The normalized spacial score (nSPS) is 30.0. The van der Waals surface area contributed by atoms with Gasteiger partial charge in [0.15, 0.2) is 11.5 Å². The lowest BCUT2D eigenvalue weighted by Crippen LogP contribution is -2.48. The topological polar surface area (TPSA) is 133 Å². The molecule has 0 radical (unpaired) electrons. The van der Waals surface area contributed by atoms with Gasteiger partial charge in [-0.3, -0.25) is 15.3 Å². The third-order valence-corrected chi connectivity index (χ3v) is 3.55. The van der Waals surface area contributed by atoms with Gasteiger partial charge < -0.3 is 20.1 Å². The molecule has 2 aromatic heterocycles. The first-order valence-corrected chi connectivity index (χ1v) is 5.97. The van der Waals surface area contributed by atoms with E-state index in [-0.39, 0.29) is 12.4 Å². The van der Waals surface area contributed by atoms with Crippen molar-refractivity contribution in [3.8, 4) is 0 Å². The van der Waals surface area contributed by atoms with Crippen molar-refractivity contribution in [2.75, 3.05) is 18.7 Å². The van der Waals surface area contributed by atoms with Crippen molar-refractivity contribution >= 4 is 16.9 Å². The summed E-state index contributed by atoms with van der Waals surface area (Å²) in [6.45, 7) is -0.640. The molecule has 3 heterocycles. The molecule has 1 aliphatic heterocycles. The summed E-state index contributed by atoms with van der Waals surface area (Å²) in [6.07, 6.45) is 0.359. The highest BCUT2D eigenvalue weighted by atomic mass is 16.6. The Morgan fingerprint density at radius 3 is 2.85 bits per heavy atom. The highest BCUT2D eigenvalue weighted by Gasteiger charge is 2.50. The molecule has 5 N–H and O–H groups in total. The minimum atomic E-state index is -1.51. The second-order valence-electron chi connectivity index (χ2n) is 4.58. The predicted octanol–water partition coefficient (Wildman–Crippen LogP) is -1.37. The van der Waals surface area contributed by atoms with E-state index in [0.717, 1.165) is 0 Å². The number of fused-ring (bicyclic) bond motifs is 1. The highest BCUT2D eigenvalue weighted by Crippen LogP contribution is 2.35. The van der Waals surface area contributed by atoms with E-state index in [2.05, 4.69) is 9.97 Å². The van der Waals surface area contributed by atoms with Gasteiger partial charge in [-0.05, 0) is 6.07 Å². The monoisotopic (exact) mass is 282 g/mol. The molecule has 3 atom stereocenters. The summed E-state index contributed by atoms with van der Waals surface area (Å²) in [5, 5.41) is 38.9. The summed E-state index contributed by atoms with van der Waals surface area (Å²) in [7, 11) is 0. The Morgan fingerprint density at radius 1 is 1.45 bits per heavy atom. The quantitative estimate of drug-likeness (QED) is 0.435. The predicted molar refractivity (Wildman–Crippen MR) is 66.0 cm³/mol. The van der Waals surface area contributed by atoms with Crippen molar-refractivity contribution in [1.29, 1.82) is 0 Å². The zero-order valence-electron chi connectivity index (χ0n) is 10.3. The maximum absolute atomic E-state index is 10.1. The number of rotatable bonds is 3. The Bertz CT molecular complexity index is 632. The lowest BCUT2D eigenvalue weighted by atomic mass is 10.1. The molecule has 0 aromatic carbocycles. The molecule has 1 fully saturated rings. The van der Waals surface area contributed by atoms with E-state index >= 15 is 0 Å². The summed E-state index contributed by atoms with van der Waals surface area (Å²) >= 11 is 0. The summed E-state index contributed by atoms with van der Waals surface area (Å²) in [5.74, 6) is 0.190. The Labute approximate surface area is 113 Å². The van der Waals surface area contributed by atoms with Crippen molar-refractivity contribution in [3.63, 3.8) is 0 Å². The van der Waals surface area contributed by atoms with Crippen LogP contribution in [0.3, 0.4) is 0 Å². The van der Waals surface area contributed by atoms with Crippen LogP contribution in [0.25, 0.3) is 11.0 Å². The van der Waals surface area contributed by atoms with Crippen molar-refractivity contribution in [3.05, 3.63) is 18.6 Å². The second-order valence-corrected chi connectivity index (χ2v) is 4.58. The first-order chi connectivity index (χ1) is 9.64. The van der Waals surface area contributed by atoms with Crippen LogP contribution in [0.1, 0.15) is 0 Å². The molecule has 0 amide bonds. The number of aromatic nitrogens is 3. The summed E-state index contributed by atoms with van der Waals surface area (Å²) in [4.78, 5) is 7.91. The number of nitrogens with one attached hydrogen (secondary N) is 1. The standard InChI is InChI=1S/C11H14N4O5/c16-4-11(8(18)7(17)3-20-11)15-2-1-6-9(14-19)12-5-13-10(6)15/h1-2,5,7-8,16-19H,3-4H2,(H,12,13,14)/t7-,8-,11-/m0/s1. The molecular weight excluding hydrogens is 268 g/mol. The number of aliphatic hydroxyl groups excluding tert-OH is 3. The average Bonchev–Trinajstić information content (AvgIpc) is 3.03. The highest BCUT2D eigenvalue weighted by molar-refractivity contribution is 5.87. The third-order valence-electron chi connectivity index (χ3n) is 3.55. The zero-order chi connectivity index (χ0) is 14.3. The second kappa shape index (κ2) is 4.65. The molecule has 20 heavy (non-hydrogen) atoms. The van der Waals surface area contributed by atoms with Gasteiger partial charge in [0.1, 0.15) is 24.2 Å². The summed E-state index contributed by atoms with van der Waals surface area (Å²) in [6, 6.07) is 1.60. The van der Waals surface area contributed by atoms with Gasteiger partial charge in [0, 0.05) is 6.20 Å². The van der Waals surface area contributed by atoms with E-state index in [1.54, 1.807) is 6.07 Å². The van der Waals surface area contributed by atoms with Crippen LogP contribution < -0.4 is 5.48 Å². The van der Waals surface area contributed by atoms with E-state index in [0.29, 0.717) is 11.0 Å². The Kier molecular flexibility index (Phi) is 3.07. The van der Waals surface area contributed by atoms with E-state index in [9.17, 15) is 15.3 Å². The van der Waals surface area contributed by atoms with Crippen LogP contribution >= 0.6 is 0 Å². The molecule has 1 aliphatic rings. The van der Waals surface area contributed by atoms with Crippen LogP contribution in [0.4, 0.5) is 5.82 Å². The fourth-order valence-electron chi connectivity index (χ4n) is 2.48. The van der Waals surface area contributed by atoms with Gasteiger partial charge in [0.05, 0.1) is 18.6 Å². The number of hydrogen-bond acceptors (Lipinski definition) is 8. The lowest BCUT2D eigenvalue weighted by molar-refractivity contribution is -0.149. The molecule has 108 valence electrons. The van der Waals surface area contributed by atoms with Crippen LogP contribution in [0, 0.1) is 0 Å². The molecule has 0 bridgehead atoms. The van der Waals surface area contributed by atoms with Crippen molar-refractivity contribution in [2.24, 2.45) is 0 Å². The van der Waals surface area contributed by atoms with E-state index < -0.39 is 24.5 Å². The Morgan fingerprint density at radius 2 is 2.25 bits per heavy atom. The number of aliphatic hydroxyl groups is 3. The van der Waals surface area contributed by atoms with Crippen LogP contribution in [0.5, 0.6) is 0 Å². The van der Waals surface area contributed by atoms with Crippen molar-refractivity contribution in [2.45, 2.75) is 17.9 Å². The Balaban J connectivity index is 2.19. The SMILES string of the molecule is OC[C@]1(n2ccc3c(NO)ncnc32)OC[C@H](O)[C@@H]1O. The molecule has 0 aliphatic carbocycles. The molecule has 9 heteroatoms. The molecule has 0 spiro atoms. The number of hydrogen-bond donors (Lipinski definition) is 5. The minimum absolute atomic E-state index is 0.0996. The number of nitrogens with zero attached hydrogens (tertiary/aromatic N) is 3. The zero-order valence-corrected chi connectivity index (χ0v) is 10.3. The van der Waals surface area contributed by atoms with Crippen LogP contribution in [-0.4, -0.2) is 60.5 Å². The number of anilines is 1. The molecule has 1 saturated heterocycles. The van der Waals surface area contributed by atoms with Gasteiger partial charge >= 0.3 is 0 Å². The molecule has 3 rings (SSSR count). The Hall–Kier alpha value is -1.78. The van der Waals surface area contributed by atoms with Crippen molar-refractivity contribution < 1.29 is 25.3 Å². The molecule has 2 aromatic rings. The van der Waals surface area contributed by atoms with Crippen molar-refractivity contribution in [1.82, 2.24) is 14.5 Å². The summed E-state index contributed by atoms with van der Waals surface area (Å²) in [5.41, 5.74) is 0.779. The van der Waals surface area contributed by atoms with Crippen LogP contribution in [0.2, 0.25) is 0 Å². The van der Waals surface area contributed by atoms with Gasteiger partial charge in [-0.2, -0.15) is 0 Å². The smallest absolute Gasteiger partial charge is 0.198 e. The molecule has 0 unspecified atom stereocenters. The van der Waals surface area contributed by atoms with E-state index in [1.165, 1.54) is 17.1 Å². The fraction of sp³-hybridized carbons (Fsp3) is 0.455. The van der Waals surface area contributed by atoms with Gasteiger partial charge in [-0.25, -0.2) is 9.97 Å². The van der Waals surface area contributed by atoms with E-state index in [1.807, 2.05) is 5.48 Å². The van der Waals surface area contributed by atoms with Gasteiger partial charge in [-0.15, -0.1) is 0 Å². The average molecular weight is 282 g/mol. The van der Waals surface area contributed by atoms with Crippen LogP contribution in [0.15, 0.2) is 18.6 Å². The molecular formula is C11H14N4O5. The maximum atomic E-state index is 10.1. The minimum Gasteiger partial charge on any atom is -0.391 e. The first kappa shape index (κ1) is 13.2. The maximum Gasteiger partial charge on any atom is 0.198 e. The van der Waals surface area contributed by atoms with Gasteiger partial charge in [0.25, 0.3) is 0 Å². The molecule has 9 nitrogen and oxygen atoms in total. The van der Waals surface area contributed by atoms with E-state index in [4.69, 9.17) is 9.94 Å². The summed E-state index contributed by atoms with van der Waals surface area (Å²) < 4.78 is 6.83. The first-order valence-electron chi connectivity index (χ1n) is 5.97. The number of ether oxygens (including phenoxy) is 1. The van der Waals surface area contributed by atoms with Crippen LogP contribution in [-0.2, 0) is 10.5 Å². The van der Waals surface area contributed by atoms with Gasteiger partial charge in [-0.1, -0.05) is 0 Å². The largest absolute Gasteiger partial charge is 0.391 e. The third kappa shape index (κ3) is 1.62.